The third-order valence-corrected chi connectivity index (χ3v) is 5.62. The molecule has 2 heterocycles. The van der Waals surface area contributed by atoms with Gasteiger partial charge in [0.25, 0.3) is 5.91 Å². The van der Waals surface area contributed by atoms with E-state index in [-0.39, 0.29) is 11.8 Å². The van der Waals surface area contributed by atoms with Crippen molar-refractivity contribution in [2.24, 2.45) is 0 Å². The number of amides is 2. The van der Waals surface area contributed by atoms with E-state index in [9.17, 15) is 9.59 Å². The summed E-state index contributed by atoms with van der Waals surface area (Å²) >= 11 is 0. The molecule has 1 aromatic heterocycles. The van der Waals surface area contributed by atoms with Gasteiger partial charge in [-0.2, -0.15) is 0 Å². The first-order valence-electron chi connectivity index (χ1n) is 10.8. The van der Waals surface area contributed by atoms with Gasteiger partial charge in [-0.1, -0.05) is 29.8 Å². The molecule has 32 heavy (non-hydrogen) atoms. The lowest BCUT2D eigenvalue weighted by Crippen LogP contribution is -2.36. The van der Waals surface area contributed by atoms with Crippen molar-refractivity contribution < 1.29 is 9.59 Å². The molecule has 0 bridgehead atoms. The highest BCUT2D eigenvalue weighted by atomic mass is 16.2. The Morgan fingerprint density at radius 1 is 0.875 bits per heavy atom. The van der Waals surface area contributed by atoms with Crippen molar-refractivity contribution in [1.29, 1.82) is 0 Å². The molecular weight excluding hydrogens is 402 g/mol. The summed E-state index contributed by atoms with van der Waals surface area (Å²) in [5.74, 6) is 0.543. The van der Waals surface area contributed by atoms with E-state index in [4.69, 9.17) is 0 Å². The largest absolute Gasteiger partial charge is 0.341 e. The average molecular weight is 430 g/mol. The molecular formula is C25H27N5O2. The van der Waals surface area contributed by atoms with Crippen molar-refractivity contribution in [2.45, 2.75) is 20.3 Å². The van der Waals surface area contributed by atoms with E-state index < -0.39 is 0 Å². The van der Waals surface area contributed by atoms with Crippen LogP contribution in [0, 0.1) is 6.92 Å². The van der Waals surface area contributed by atoms with Crippen molar-refractivity contribution in [2.75, 3.05) is 31.5 Å². The van der Waals surface area contributed by atoms with Crippen LogP contribution in [0.15, 0.2) is 60.8 Å². The van der Waals surface area contributed by atoms with E-state index in [0.29, 0.717) is 37.7 Å². The summed E-state index contributed by atoms with van der Waals surface area (Å²) in [6.07, 6.45) is 2.52. The number of anilines is 2. The van der Waals surface area contributed by atoms with Crippen LogP contribution in [0.4, 0.5) is 11.6 Å². The van der Waals surface area contributed by atoms with Gasteiger partial charge in [0, 0.05) is 56.1 Å². The molecule has 4 rings (SSSR count). The predicted octanol–water partition coefficient (Wildman–Crippen LogP) is 3.89. The molecule has 1 aliphatic rings. The first-order chi connectivity index (χ1) is 15.5. The Morgan fingerprint density at radius 2 is 1.56 bits per heavy atom. The van der Waals surface area contributed by atoms with Crippen LogP contribution in [0.25, 0.3) is 11.3 Å². The van der Waals surface area contributed by atoms with Gasteiger partial charge >= 0.3 is 0 Å². The van der Waals surface area contributed by atoms with Crippen LogP contribution in [-0.4, -0.2) is 57.8 Å². The predicted molar refractivity (Wildman–Crippen MR) is 125 cm³/mol. The normalized spacial score (nSPS) is 14.1. The molecule has 2 aromatic carbocycles. The van der Waals surface area contributed by atoms with Crippen molar-refractivity contribution in [3.63, 3.8) is 0 Å². The van der Waals surface area contributed by atoms with Crippen LogP contribution >= 0.6 is 0 Å². The molecule has 164 valence electrons. The molecule has 0 radical (unpaired) electrons. The highest BCUT2D eigenvalue weighted by Gasteiger charge is 2.21. The van der Waals surface area contributed by atoms with Gasteiger partial charge in [0.15, 0.2) is 0 Å². The van der Waals surface area contributed by atoms with E-state index >= 15 is 0 Å². The Labute approximate surface area is 188 Å². The van der Waals surface area contributed by atoms with E-state index in [1.165, 1.54) is 5.56 Å². The quantitative estimate of drug-likeness (QED) is 0.681. The lowest BCUT2D eigenvalue weighted by molar-refractivity contribution is -0.128. The summed E-state index contributed by atoms with van der Waals surface area (Å²) in [5.41, 5.74) is 4.51. The Hall–Kier alpha value is -3.74. The number of rotatable bonds is 4. The summed E-state index contributed by atoms with van der Waals surface area (Å²) in [4.78, 5) is 37.0. The van der Waals surface area contributed by atoms with Crippen LogP contribution in [0.1, 0.15) is 29.3 Å². The van der Waals surface area contributed by atoms with Crippen molar-refractivity contribution >= 4 is 23.5 Å². The molecule has 3 aromatic rings. The Bertz CT molecular complexity index is 1100. The zero-order chi connectivity index (χ0) is 22.5. The maximum Gasteiger partial charge on any atom is 0.253 e. The molecule has 1 aliphatic heterocycles. The maximum absolute atomic E-state index is 12.9. The van der Waals surface area contributed by atoms with Crippen LogP contribution in [0.2, 0.25) is 0 Å². The molecule has 1 saturated heterocycles. The van der Waals surface area contributed by atoms with Crippen LogP contribution in [0.3, 0.4) is 0 Å². The van der Waals surface area contributed by atoms with Gasteiger partial charge in [-0.3, -0.25) is 9.59 Å². The lowest BCUT2D eigenvalue weighted by atomic mass is 10.1. The second-order valence-corrected chi connectivity index (χ2v) is 7.99. The number of benzene rings is 2. The van der Waals surface area contributed by atoms with E-state index in [2.05, 4.69) is 34.3 Å². The highest BCUT2D eigenvalue weighted by molar-refractivity contribution is 5.94. The Morgan fingerprint density at radius 3 is 2.28 bits per heavy atom. The second-order valence-electron chi connectivity index (χ2n) is 7.99. The smallest absolute Gasteiger partial charge is 0.253 e. The molecule has 0 aliphatic carbocycles. The fraction of sp³-hybridized carbons (Fsp3) is 0.280. The molecule has 7 nitrogen and oxygen atoms in total. The van der Waals surface area contributed by atoms with Gasteiger partial charge in [0.05, 0.1) is 5.69 Å². The zero-order valence-corrected chi connectivity index (χ0v) is 18.4. The van der Waals surface area contributed by atoms with Gasteiger partial charge in [0.2, 0.25) is 11.9 Å². The Kier molecular flexibility index (Phi) is 6.44. The third-order valence-electron chi connectivity index (χ3n) is 5.62. The molecule has 1 fully saturated rings. The van der Waals surface area contributed by atoms with Crippen LogP contribution in [0.5, 0.6) is 0 Å². The summed E-state index contributed by atoms with van der Waals surface area (Å²) in [5, 5.41) is 3.21. The van der Waals surface area contributed by atoms with Gasteiger partial charge < -0.3 is 15.1 Å². The van der Waals surface area contributed by atoms with Gasteiger partial charge in [-0.15, -0.1) is 0 Å². The SMILES string of the molecule is CC(=O)N1CCCN(C(=O)c2ccc(Nc3nccc(-c4ccc(C)cc4)n3)cc2)CC1. The summed E-state index contributed by atoms with van der Waals surface area (Å²) in [6.45, 7) is 6.11. The van der Waals surface area contributed by atoms with Gasteiger partial charge in [-0.25, -0.2) is 9.97 Å². The minimum atomic E-state index is -0.0143. The third kappa shape index (κ3) is 5.11. The van der Waals surface area contributed by atoms with Gasteiger partial charge in [0.1, 0.15) is 0 Å². The summed E-state index contributed by atoms with van der Waals surface area (Å²) < 4.78 is 0. The number of nitrogens with one attached hydrogen (secondary N) is 1. The number of aromatic nitrogens is 2. The maximum atomic E-state index is 12.9. The first-order valence-corrected chi connectivity index (χ1v) is 10.8. The molecule has 0 saturated carbocycles. The van der Waals surface area contributed by atoms with E-state index in [1.54, 1.807) is 18.0 Å². The van der Waals surface area contributed by atoms with E-state index in [0.717, 1.165) is 23.4 Å². The molecule has 2 amide bonds. The number of nitrogens with zero attached hydrogens (tertiary/aromatic N) is 4. The summed E-state index contributed by atoms with van der Waals surface area (Å²) in [7, 11) is 0. The zero-order valence-electron chi connectivity index (χ0n) is 18.4. The molecule has 1 N–H and O–H groups in total. The standard InChI is InChI=1S/C25H27N5O2/c1-18-4-6-20(7-5-18)23-12-13-26-25(28-23)27-22-10-8-21(9-11-22)24(32)30-15-3-14-29(16-17-30)19(2)31/h4-13H,3,14-17H2,1-2H3,(H,26,27,28). The minimum absolute atomic E-state index is 0.0143. The lowest BCUT2D eigenvalue weighted by Gasteiger charge is -2.21. The fourth-order valence-corrected chi connectivity index (χ4v) is 3.75. The monoisotopic (exact) mass is 429 g/mol. The number of hydrogen-bond acceptors (Lipinski definition) is 5. The van der Waals surface area contributed by atoms with Crippen molar-refractivity contribution in [3.8, 4) is 11.3 Å². The highest BCUT2D eigenvalue weighted by Crippen LogP contribution is 2.20. The Balaban J connectivity index is 1.42. The molecule has 0 spiro atoms. The van der Waals surface area contributed by atoms with Crippen molar-refractivity contribution in [1.82, 2.24) is 19.8 Å². The minimum Gasteiger partial charge on any atom is -0.341 e. The topological polar surface area (TPSA) is 78.4 Å². The van der Waals surface area contributed by atoms with Crippen molar-refractivity contribution in [3.05, 3.63) is 71.9 Å². The number of aryl methyl sites for hydroxylation is 1. The van der Waals surface area contributed by atoms with Crippen LogP contribution in [-0.2, 0) is 4.79 Å². The summed E-state index contributed by atoms with van der Waals surface area (Å²) in [6, 6.07) is 17.4. The molecule has 0 unspecified atom stereocenters. The first kappa shape index (κ1) is 21.5. The molecule has 0 atom stereocenters. The van der Waals surface area contributed by atoms with E-state index in [1.807, 2.05) is 47.4 Å². The second kappa shape index (κ2) is 9.60. The number of hydrogen-bond donors (Lipinski definition) is 1. The number of carbonyl (C=O) groups excluding carboxylic acids is 2. The fourth-order valence-electron chi connectivity index (χ4n) is 3.75. The van der Waals surface area contributed by atoms with Gasteiger partial charge in [-0.05, 0) is 43.7 Å². The average Bonchev–Trinajstić information content (AvgIpc) is 3.06. The van der Waals surface area contributed by atoms with Crippen LogP contribution < -0.4 is 5.32 Å². The number of carbonyl (C=O) groups is 2. The molecule has 7 heteroatoms.